The van der Waals surface area contributed by atoms with E-state index >= 15 is 0 Å². The highest BCUT2D eigenvalue weighted by molar-refractivity contribution is 5.90. The number of nitrogens with zero attached hydrogens (tertiary/aromatic N) is 3. The standard InChI is InChI=1S/C16H22N4/c1-13(12-20-9-5-2-6-10-20)18-16-11-17-19-15-8-4-3-7-14(15)16/h3-4,7-8,11,13H,2,5-6,9-10,12H2,1H3,(H,18,19). The molecule has 0 amide bonds. The summed E-state index contributed by atoms with van der Waals surface area (Å²) >= 11 is 0. The van der Waals surface area contributed by atoms with Gasteiger partial charge in [-0.15, -0.1) is 0 Å². The van der Waals surface area contributed by atoms with Crippen LogP contribution in [0, 0.1) is 0 Å². The first kappa shape index (κ1) is 13.3. The Balaban J connectivity index is 1.69. The van der Waals surface area contributed by atoms with E-state index in [0.29, 0.717) is 6.04 Å². The number of rotatable bonds is 4. The molecule has 1 unspecified atom stereocenters. The largest absolute Gasteiger partial charge is 0.379 e. The number of benzene rings is 1. The summed E-state index contributed by atoms with van der Waals surface area (Å²) in [6.07, 6.45) is 5.89. The highest BCUT2D eigenvalue weighted by Gasteiger charge is 2.14. The topological polar surface area (TPSA) is 41.0 Å². The Morgan fingerprint density at radius 2 is 2.00 bits per heavy atom. The molecule has 1 fully saturated rings. The lowest BCUT2D eigenvalue weighted by Gasteiger charge is -2.29. The Morgan fingerprint density at radius 3 is 2.85 bits per heavy atom. The highest BCUT2D eigenvalue weighted by atomic mass is 15.2. The molecule has 20 heavy (non-hydrogen) atoms. The van der Waals surface area contributed by atoms with Crippen molar-refractivity contribution in [2.24, 2.45) is 0 Å². The molecular formula is C16H22N4. The molecule has 1 aromatic heterocycles. The van der Waals surface area contributed by atoms with Gasteiger partial charge in [0, 0.05) is 18.0 Å². The van der Waals surface area contributed by atoms with Crippen molar-refractivity contribution in [3.8, 4) is 0 Å². The van der Waals surface area contributed by atoms with E-state index in [2.05, 4.69) is 33.4 Å². The fourth-order valence-corrected chi connectivity index (χ4v) is 2.96. The minimum atomic E-state index is 0.417. The summed E-state index contributed by atoms with van der Waals surface area (Å²) in [5, 5.41) is 13.0. The van der Waals surface area contributed by atoms with Gasteiger partial charge in [0.2, 0.25) is 0 Å². The van der Waals surface area contributed by atoms with Crippen molar-refractivity contribution in [1.82, 2.24) is 15.1 Å². The zero-order valence-electron chi connectivity index (χ0n) is 12.0. The molecule has 1 aromatic carbocycles. The Labute approximate surface area is 120 Å². The molecule has 1 saturated heterocycles. The van der Waals surface area contributed by atoms with Crippen LogP contribution in [0.25, 0.3) is 10.9 Å². The van der Waals surface area contributed by atoms with Gasteiger partial charge < -0.3 is 10.2 Å². The van der Waals surface area contributed by atoms with E-state index in [-0.39, 0.29) is 0 Å². The van der Waals surface area contributed by atoms with Crippen molar-refractivity contribution in [3.63, 3.8) is 0 Å². The second kappa shape index (κ2) is 6.18. The van der Waals surface area contributed by atoms with Gasteiger partial charge in [-0.1, -0.05) is 24.6 Å². The SMILES string of the molecule is CC(CN1CCCCC1)Nc1cnnc2ccccc12. The van der Waals surface area contributed by atoms with Gasteiger partial charge in [-0.2, -0.15) is 10.2 Å². The number of hydrogen-bond acceptors (Lipinski definition) is 4. The van der Waals surface area contributed by atoms with Crippen LogP contribution in [-0.4, -0.2) is 40.8 Å². The Hall–Kier alpha value is -1.68. The minimum Gasteiger partial charge on any atom is -0.379 e. The van der Waals surface area contributed by atoms with Gasteiger partial charge in [0.05, 0.1) is 17.4 Å². The molecule has 0 aliphatic carbocycles. The maximum atomic E-state index is 4.16. The highest BCUT2D eigenvalue weighted by Crippen LogP contribution is 2.20. The van der Waals surface area contributed by atoms with Crippen LogP contribution in [0.3, 0.4) is 0 Å². The normalized spacial score (nSPS) is 18.1. The van der Waals surface area contributed by atoms with Gasteiger partial charge in [0.1, 0.15) is 0 Å². The van der Waals surface area contributed by atoms with Crippen LogP contribution >= 0.6 is 0 Å². The van der Waals surface area contributed by atoms with Crippen molar-refractivity contribution in [1.29, 1.82) is 0 Å². The quantitative estimate of drug-likeness (QED) is 0.927. The maximum absolute atomic E-state index is 4.16. The average molecular weight is 270 g/mol. The Bertz CT molecular complexity index is 558. The van der Waals surface area contributed by atoms with Crippen LogP contribution in [-0.2, 0) is 0 Å². The number of aromatic nitrogens is 2. The number of nitrogens with one attached hydrogen (secondary N) is 1. The third-order valence-corrected chi connectivity index (χ3v) is 3.93. The second-order valence-corrected chi connectivity index (χ2v) is 5.68. The summed E-state index contributed by atoms with van der Waals surface area (Å²) in [7, 11) is 0. The van der Waals surface area contributed by atoms with E-state index in [0.717, 1.165) is 23.1 Å². The zero-order valence-corrected chi connectivity index (χ0v) is 12.0. The van der Waals surface area contributed by atoms with Gasteiger partial charge >= 0.3 is 0 Å². The minimum absolute atomic E-state index is 0.417. The smallest absolute Gasteiger partial charge is 0.0950 e. The monoisotopic (exact) mass is 270 g/mol. The molecule has 1 aliphatic rings. The molecule has 4 nitrogen and oxygen atoms in total. The summed E-state index contributed by atoms with van der Waals surface area (Å²) in [4.78, 5) is 2.55. The Morgan fingerprint density at radius 1 is 1.20 bits per heavy atom. The first-order valence-electron chi connectivity index (χ1n) is 7.52. The molecule has 2 heterocycles. The first-order valence-corrected chi connectivity index (χ1v) is 7.52. The number of anilines is 1. The molecule has 3 rings (SSSR count). The van der Waals surface area contributed by atoms with Crippen LogP contribution in [0.4, 0.5) is 5.69 Å². The number of fused-ring (bicyclic) bond motifs is 1. The van der Waals surface area contributed by atoms with Crippen molar-refractivity contribution in [3.05, 3.63) is 30.5 Å². The van der Waals surface area contributed by atoms with Gasteiger partial charge in [0.25, 0.3) is 0 Å². The van der Waals surface area contributed by atoms with Crippen LogP contribution in [0.5, 0.6) is 0 Å². The van der Waals surface area contributed by atoms with Gasteiger partial charge in [-0.25, -0.2) is 0 Å². The first-order chi connectivity index (χ1) is 9.83. The van der Waals surface area contributed by atoms with Crippen molar-refractivity contribution < 1.29 is 0 Å². The zero-order chi connectivity index (χ0) is 13.8. The molecule has 0 spiro atoms. The Kier molecular flexibility index (Phi) is 4.11. The van der Waals surface area contributed by atoms with Crippen LogP contribution in [0.15, 0.2) is 30.5 Å². The van der Waals surface area contributed by atoms with Gasteiger partial charge in [-0.3, -0.25) is 0 Å². The molecule has 4 heteroatoms. The van der Waals surface area contributed by atoms with E-state index in [4.69, 9.17) is 0 Å². The molecule has 106 valence electrons. The van der Waals surface area contributed by atoms with Crippen molar-refractivity contribution in [2.45, 2.75) is 32.2 Å². The molecule has 0 radical (unpaired) electrons. The van der Waals surface area contributed by atoms with E-state index < -0.39 is 0 Å². The molecule has 1 N–H and O–H groups in total. The van der Waals surface area contributed by atoms with Crippen LogP contribution < -0.4 is 5.32 Å². The predicted octanol–water partition coefficient (Wildman–Crippen LogP) is 2.92. The van der Waals surface area contributed by atoms with Gasteiger partial charge in [0.15, 0.2) is 0 Å². The molecule has 1 atom stereocenters. The summed E-state index contributed by atoms with van der Waals surface area (Å²) in [5.74, 6) is 0. The van der Waals surface area contributed by atoms with Crippen LogP contribution in [0.1, 0.15) is 26.2 Å². The number of likely N-dealkylation sites (tertiary alicyclic amines) is 1. The third-order valence-electron chi connectivity index (χ3n) is 3.93. The van der Waals surface area contributed by atoms with E-state index in [1.165, 1.54) is 32.4 Å². The molecule has 1 aliphatic heterocycles. The van der Waals surface area contributed by atoms with E-state index in [1.807, 2.05) is 24.4 Å². The van der Waals surface area contributed by atoms with E-state index in [9.17, 15) is 0 Å². The van der Waals surface area contributed by atoms with E-state index in [1.54, 1.807) is 0 Å². The van der Waals surface area contributed by atoms with Crippen LogP contribution in [0.2, 0.25) is 0 Å². The molecule has 0 bridgehead atoms. The summed E-state index contributed by atoms with van der Waals surface area (Å²) in [6.45, 7) is 5.81. The summed E-state index contributed by atoms with van der Waals surface area (Å²) in [5.41, 5.74) is 2.03. The maximum Gasteiger partial charge on any atom is 0.0950 e. The third kappa shape index (κ3) is 3.07. The molecular weight excluding hydrogens is 248 g/mol. The molecule has 2 aromatic rings. The average Bonchev–Trinajstić information content (AvgIpc) is 2.48. The fourth-order valence-electron chi connectivity index (χ4n) is 2.96. The summed E-state index contributed by atoms with van der Waals surface area (Å²) in [6, 6.07) is 8.56. The second-order valence-electron chi connectivity index (χ2n) is 5.68. The molecule has 0 saturated carbocycles. The van der Waals surface area contributed by atoms with Crippen molar-refractivity contribution >= 4 is 16.6 Å². The lowest BCUT2D eigenvalue weighted by Crippen LogP contribution is -2.38. The van der Waals surface area contributed by atoms with Crippen molar-refractivity contribution in [2.75, 3.05) is 25.0 Å². The fraction of sp³-hybridized carbons (Fsp3) is 0.500. The lowest BCUT2D eigenvalue weighted by atomic mass is 10.1. The lowest BCUT2D eigenvalue weighted by molar-refractivity contribution is 0.223. The predicted molar refractivity (Wildman–Crippen MR) is 82.9 cm³/mol. The number of piperidine rings is 1. The van der Waals surface area contributed by atoms with Gasteiger partial charge in [-0.05, 0) is 38.9 Å². The summed E-state index contributed by atoms with van der Waals surface area (Å²) < 4.78 is 0. The number of hydrogen-bond donors (Lipinski definition) is 1.